The summed E-state index contributed by atoms with van der Waals surface area (Å²) in [4.78, 5) is 14.5. The molecule has 2 fully saturated rings. The third-order valence-corrected chi connectivity index (χ3v) is 4.67. The van der Waals surface area contributed by atoms with Gasteiger partial charge in [-0.15, -0.1) is 0 Å². The molecule has 1 aliphatic heterocycles. The van der Waals surface area contributed by atoms with Crippen molar-refractivity contribution in [3.8, 4) is 0 Å². The minimum atomic E-state index is 0.0525. The number of carbonyl (C=O) groups is 1. The van der Waals surface area contributed by atoms with Gasteiger partial charge >= 0.3 is 0 Å². The summed E-state index contributed by atoms with van der Waals surface area (Å²) in [6, 6.07) is 0.0525. The molecule has 2 aliphatic rings. The van der Waals surface area contributed by atoms with Gasteiger partial charge in [0.25, 0.3) is 0 Å². The zero-order valence-corrected chi connectivity index (χ0v) is 12.3. The molecule has 1 aliphatic carbocycles. The molecule has 18 heavy (non-hydrogen) atoms. The standard InChI is InChI=1S/C15H28N2O/c1-10(2)8-14-15(18)17(12(4)16-14)9-13-7-5-6-11(13)3/h10-14,16H,5-9H2,1-4H3. The molecule has 4 atom stereocenters. The minimum absolute atomic E-state index is 0.0525. The number of hydrogen-bond donors (Lipinski definition) is 1. The predicted molar refractivity (Wildman–Crippen MR) is 74.1 cm³/mol. The maximum atomic E-state index is 12.4. The van der Waals surface area contributed by atoms with Crippen molar-refractivity contribution in [2.45, 2.75) is 65.6 Å². The molecule has 1 saturated heterocycles. The lowest BCUT2D eigenvalue weighted by Crippen LogP contribution is -2.39. The Hall–Kier alpha value is -0.570. The first-order valence-electron chi connectivity index (χ1n) is 7.55. The van der Waals surface area contributed by atoms with E-state index in [1.807, 2.05) is 0 Å². The zero-order chi connectivity index (χ0) is 13.3. The van der Waals surface area contributed by atoms with Crippen LogP contribution in [-0.4, -0.2) is 29.6 Å². The first-order chi connectivity index (χ1) is 8.49. The molecular weight excluding hydrogens is 224 g/mol. The van der Waals surface area contributed by atoms with Crippen LogP contribution in [-0.2, 0) is 4.79 Å². The van der Waals surface area contributed by atoms with Crippen LogP contribution in [0, 0.1) is 17.8 Å². The largest absolute Gasteiger partial charge is 0.326 e. The average Bonchev–Trinajstić information content (AvgIpc) is 2.78. The summed E-state index contributed by atoms with van der Waals surface area (Å²) in [5.74, 6) is 2.41. The second-order valence-corrected chi connectivity index (χ2v) is 6.68. The lowest BCUT2D eigenvalue weighted by atomic mass is 9.97. The first-order valence-corrected chi connectivity index (χ1v) is 7.55. The van der Waals surface area contributed by atoms with E-state index in [0.717, 1.165) is 24.8 Å². The fourth-order valence-electron chi connectivity index (χ4n) is 3.48. The van der Waals surface area contributed by atoms with Crippen molar-refractivity contribution >= 4 is 5.91 Å². The Morgan fingerprint density at radius 3 is 2.61 bits per heavy atom. The van der Waals surface area contributed by atoms with Crippen LogP contribution >= 0.6 is 0 Å². The van der Waals surface area contributed by atoms with E-state index in [9.17, 15) is 4.79 Å². The quantitative estimate of drug-likeness (QED) is 0.834. The lowest BCUT2D eigenvalue weighted by molar-refractivity contribution is -0.130. The molecule has 0 aromatic carbocycles. The van der Waals surface area contributed by atoms with Crippen molar-refractivity contribution in [3.63, 3.8) is 0 Å². The van der Waals surface area contributed by atoms with Gasteiger partial charge in [0.05, 0.1) is 12.2 Å². The summed E-state index contributed by atoms with van der Waals surface area (Å²) in [7, 11) is 0. The lowest BCUT2D eigenvalue weighted by Gasteiger charge is -2.26. The maximum absolute atomic E-state index is 12.4. The molecule has 0 bridgehead atoms. The zero-order valence-electron chi connectivity index (χ0n) is 12.3. The summed E-state index contributed by atoms with van der Waals surface area (Å²) in [6.45, 7) is 9.78. The fourth-order valence-corrected chi connectivity index (χ4v) is 3.48. The van der Waals surface area contributed by atoms with Gasteiger partial charge in [-0.25, -0.2) is 0 Å². The second kappa shape index (κ2) is 5.60. The van der Waals surface area contributed by atoms with Crippen molar-refractivity contribution in [1.82, 2.24) is 10.2 Å². The number of hydrogen-bond acceptors (Lipinski definition) is 2. The number of amides is 1. The van der Waals surface area contributed by atoms with Crippen LogP contribution in [0.25, 0.3) is 0 Å². The van der Waals surface area contributed by atoms with E-state index in [0.29, 0.717) is 11.8 Å². The van der Waals surface area contributed by atoms with E-state index in [-0.39, 0.29) is 12.2 Å². The third kappa shape index (κ3) is 2.87. The SMILES string of the molecule is CC(C)CC1NC(C)N(CC2CCCC2C)C1=O. The molecule has 2 rings (SSSR count). The van der Waals surface area contributed by atoms with E-state index in [1.165, 1.54) is 19.3 Å². The first kappa shape index (κ1) is 13.9. The Morgan fingerprint density at radius 2 is 2.06 bits per heavy atom. The Labute approximate surface area is 111 Å². The molecule has 1 heterocycles. The van der Waals surface area contributed by atoms with Crippen molar-refractivity contribution in [2.75, 3.05) is 6.54 Å². The van der Waals surface area contributed by atoms with Gasteiger partial charge in [0.1, 0.15) is 0 Å². The molecule has 4 unspecified atom stereocenters. The smallest absolute Gasteiger partial charge is 0.241 e. The van der Waals surface area contributed by atoms with Crippen molar-refractivity contribution in [2.24, 2.45) is 17.8 Å². The minimum Gasteiger partial charge on any atom is -0.326 e. The summed E-state index contributed by atoms with van der Waals surface area (Å²) in [5.41, 5.74) is 0. The van der Waals surface area contributed by atoms with Crippen molar-refractivity contribution in [3.05, 3.63) is 0 Å². The Balaban J connectivity index is 1.94. The molecule has 0 radical (unpaired) electrons. The van der Waals surface area contributed by atoms with E-state index >= 15 is 0 Å². The van der Waals surface area contributed by atoms with Crippen molar-refractivity contribution < 1.29 is 4.79 Å². The fraction of sp³-hybridized carbons (Fsp3) is 0.933. The molecule has 3 nitrogen and oxygen atoms in total. The Morgan fingerprint density at radius 1 is 1.33 bits per heavy atom. The molecule has 3 heteroatoms. The van der Waals surface area contributed by atoms with Crippen LogP contribution in [0.4, 0.5) is 0 Å². The van der Waals surface area contributed by atoms with Gasteiger partial charge in [-0.2, -0.15) is 0 Å². The highest BCUT2D eigenvalue weighted by Gasteiger charge is 2.38. The van der Waals surface area contributed by atoms with Crippen LogP contribution in [0.3, 0.4) is 0 Å². The van der Waals surface area contributed by atoms with Crippen LogP contribution in [0.1, 0.15) is 53.4 Å². The van der Waals surface area contributed by atoms with E-state index in [1.54, 1.807) is 0 Å². The Kier molecular flexibility index (Phi) is 4.31. The molecular formula is C15H28N2O. The highest BCUT2D eigenvalue weighted by molar-refractivity contribution is 5.84. The number of nitrogens with zero attached hydrogens (tertiary/aromatic N) is 1. The van der Waals surface area contributed by atoms with Gasteiger partial charge in [-0.1, -0.05) is 33.6 Å². The topological polar surface area (TPSA) is 32.3 Å². The van der Waals surface area contributed by atoms with Gasteiger partial charge in [0, 0.05) is 6.54 Å². The summed E-state index contributed by atoms with van der Waals surface area (Å²) in [6.07, 6.45) is 5.15. The normalized spacial score (nSPS) is 36.9. The highest BCUT2D eigenvalue weighted by Crippen LogP contribution is 2.33. The van der Waals surface area contributed by atoms with Gasteiger partial charge in [0.15, 0.2) is 0 Å². The average molecular weight is 252 g/mol. The molecule has 0 aromatic heterocycles. The monoisotopic (exact) mass is 252 g/mol. The van der Waals surface area contributed by atoms with Crippen LogP contribution < -0.4 is 5.32 Å². The summed E-state index contributed by atoms with van der Waals surface area (Å²) < 4.78 is 0. The molecule has 1 amide bonds. The highest BCUT2D eigenvalue weighted by atomic mass is 16.2. The molecule has 1 N–H and O–H groups in total. The second-order valence-electron chi connectivity index (χ2n) is 6.68. The predicted octanol–water partition coefficient (Wildman–Crippen LogP) is 2.62. The van der Waals surface area contributed by atoms with Crippen molar-refractivity contribution in [1.29, 1.82) is 0 Å². The Bertz CT molecular complexity index is 303. The van der Waals surface area contributed by atoms with Crippen LogP contribution in [0.5, 0.6) is 0 Å². The van der Waals surface area contributed by atoms with E-state index in [4.69, 9.17) is 0 Å². The molecule has 1 saturated carbocycles. The number of rotatable bonds is 4. The molecule has 0 aromatic rings. The van der Waals surface area contributed by atoms with E-state index < -0.39 is 0 Å². The van der Waals surface area contributed by atoms with Gasteiger partial charge in [-0.3, -0.25) is 10.1 Å². The van der Waals surface area contributed by atoms with Gasteiger partial charge in [0.2, 0.25) is 5.91 Å². The molecule has 104 valence electrons. The maximum Gasteiger partial charge on any atom is 0.241 e. The third-order valence-electron chi connectivity index (χ3n) is 4.67. The number of carbonyl (C=O) groups excluding carboxylic acids is 1. The number of nitrogens with one attached hydrogen (secondary N) is 1. The van der Waals surface area contributed by atoms with Crippen LogP contribution in [0.15, 0.2) is 0 Å². The van der Waals surface area contributed by atoms with E-state index in [2.05, 4.69) is 37.9 Å². The van der Waals surface area contributed by atoms with Gasteiger partial charge in [-0.05, 0) is 37.5 Å². The summed E-state index contributed by atoms with van der Waals surface area (Å²) in [5, 5.41) is 3.45. The van der Waals surface area contributed by atoms with Crippen LogP contribution in [0.2, 0.25) is 0 Å². The summed E-state index contributed by atoms with van der Waals surface area (Å²) >= 11 is 0. The van der Waals surface area contributed by atoms with Gasteiger partial charge < -0.3 is 4.90 Å². The molecule has 0 spiro atoms.